The van der Waals surface area contributed by atoms with E-state index in [4.69, 9.17) is 0 Å². The second-order valence-electron chi connectivity index (χ2n) is 7.01. The number of nitrogens with one attached hydrogen (secondary N) is 2. The molecule has 27 heavy (non-hydrogen) atoms. The van der Waals surface area contributed by atoms with E-state index in [9.17, 15) is 8.78 Å². The lowest BCUT2D eigenvalue weighted by Crippen LogP contribution is -2.42. The molecule has 8 heteroatoms. The first-order chi connectivity index (χ1) is 12.7. The van der Waals surface area contributed by atoms with Crippen LogP contribution in [0.1, 0.15) is 31.2 Å². The fourth-order valence-corrected chi connectivity index (χ4v) is 3.07. The molecular weight excluding hydrogens is 465 g/mol. The molecule has 0 amide bonds. The summed E-state index contributed by atoms with van der Waals surface area (Å²) in [5.74, 6) is 1.76. The number of hydrogen-bond donors (Lipinski definition) is 2. The van der Waals surface area contributed by atoms with E-state index in [-0.39, 0.29) is 29.7 Å². The van der Waals surface area contributed by atoms with E-state index in [1.165, 1.54) is 32.2 Å². The Bertz CT molecular complexity index is 609. The van der Waals surface area contributed by atoms with Gasteiger partial charge in [0.2, 0.25) is 0 Å². The number of nitrogens with zero attached hydrogens (tertiary/aromatic N) is 2. The first-order valence-electron chi connectivity index (χ1n) is 9.37. The molecule has 2 fully saturated rings. The van der Waals surface area contributed by atoms with Crippen molar-refractivity contribution in [1.82, 2.24) is 15.5 Å². The lowest BCUT2D eigenvalue weighted by molar-refractivity contribution is -0.0504. The first kappa shape index (κ1) is 22.1. The van der Waals surface area contributed by atoms with Crippen molar-refractivity contribution in [2.24, 2.45) is 10.9 Å². The largest absolute Gasteiger partial charge is 0.434 e. The second-order valence-corrected chi connectivity index (χ2v) is 7.01. The van der Waals surface area contributed by atoms with Crippen molar-refractivity contribution in [3.8, 4) is 5.75 Å². The van der Waals surface area contributed by atoms with Gasteiger partial charge in [0.25, 0.3) is 0 Å². The Morgan fingerprint density at radius 1 is 1.22 bits per heavy atom. The summed E-state index contributed by atoms with van der Waals surface area (Å²) in [5.41, 5.74) is 0.670. The molecule has 0 bridgehead atoms. The van der Waals surface area contributed by atoms with Crippen LogP contribution in [-0.2, 0) is 6.54 Å². The molecule has 1 aromatic rings. The Morgan fingerprint density at radius 3 is 2.59 bits per heavy atom. The molecule has 152 valence electrons. The van der Waals surface area contributed by atoms with Crippen LogP contribution in [0.2, 0.25) is 0 Å². The molecule has 3 rings (SSSR count). The van der Waals surface area contributed by atoms with E-state index in [1.54, 1.807) is 31.3 Å². The molecule has 0 radical (unpaired) electrons. The van der Waals surface area contributed by atoms with Gasteiger partial charge in [-0.3, -0.25) is 9.89 Å². The SMILES string of the molecule is CN=C(NCCN(CC1CC1)C1CC1)NCc1ccccc1OC(F)F.I. The Labute approximate surface area is 177 Å². The number of alkyl halides is 2. The third kappa shape index (κ3) is 7.77. The molecule has 0 aliphatic heterocycles. The summed E-state index contributed by atoms with van der Waals surface area (Å²) in [6.45, 7) is 0.590. The number of guanidine groups is 1. The minimum absolute atomic E-state index is 0. The van der Waals surface area contributed by atoms with Crippen LogP contribution in [0.3, 0.4) is 0 Å². The highest BCUT2D eigenvalue weighted by molar-refractivity contribution is 14.0. The van der Waals surface area contributed by atoms with Crippen molar-refractivity contribution < 1.29 is 13.5 Å². The van der Waals surface area contributed by atoms with Crippen LogP contribution in [0.15, 0.2) is 29.3 Å². The molecule has 0 spiro atoms. The topological polar surface area (TPSA) is 48.9 Å². The van der Waals surface area contributed by atoms with Gasteiger partial charge >= 0.3 is 6.61 Å². The molecule has 0 heterocycles. The molecule has 2 aliphatic carbocycles. The first-order valence-corrected chi connectivity index (χ1v) is 9.37. The van der Waals surface area contributed by atoms with Crippen molar-refractivity contribution in [2.45, 2.75) is 44.9 Å². The molecule has 0 saturated heterocycles. The molecule has 0 atom stereocenters. The van der Waals surface area contributed by atoms with Gasteiger partial charge in [-0.25, -0.2) is 0 Å². The summed E-state index contributed by atoms with van der Waals surface area (Å²) in [4.78, 5) is 6.80. The fraction of sp³-hybridized carbons (Fsp3) is 0.632. The van der Waals surface area contributed by atoms with Gasteiger partial charge in [0.1, 0.15) is 5.75 Å². The number of benzene rings is 1. The average Bonchev–Trinajstić information content (AvgIpc) is 3.51. The summed E-state index contributed by atoms with van der Waals surface area (Å²) < 4.78 is 29.5. The van der Waals surface area contributed by atoms with Crippen LogP contribution in [0.5, 0.6) is 5.75 Å². The van der Waals surface area contributed by atoms with Crippen LogP contribution < -0.4 is 15.4 Å². The predicted molar refractivity (Wildman–Crippen MR) is 114 cm³/mol. The Morgan fingerprint density at radius 2 is 1.96 bits per heavy atom. The van der Waals surface area contributed by atoms with Gasteiger partial charge in [-0.2, -0.15) is 8.78 Å². The summed E-state index contributed by atoms with van der Waals surface area (Å²) in [6, 6.07) is 7.57. The summed E-state index contributed by atoms with van der Waals surface area (Å²) in [5, 5.41) is 6.48. The Hall–Kier alpha value is -1.16. The Balaban J connectivity index is 0.00000261. The smallest absolute Gasteiger partial charge is 0.387 e. The highest BCUT2D eigenvalue weighted by Crippen LogP contribution is 2.34. The van der Waals surface area contributed by atoms with Crippen LogP contribution in [0, 0.1) is 5.92 Å². The van der Waals surface area contributed by atoms with Gasteiger partial charge < -0.3 is 15.4 Å². The summed E-state index contributed by atoms with van der Waals surface area (Å²) >= 11 is 0. The van der Waals surface area contributed by atoms with Gasteiger partial charge in [0.15, 0.2) is 5.96 Å². The molecular formula is C19H29F2IN4O. The monoisotopic (exact) mass is 494 g/mol. The van der Waals surface area contributed by atoms with Gasteiger partial charge in [-0.05, 0) is 37.7 Å². The van der Waals surface area contributed by atoms with Crippen LogP contribution >= 0.6 is 24.0 Å². The predicted octanol–water partition coefficient (Wildman–Crippen LogP) is 3.45. The van der Waals surface area contributed by atoms with E-state index < -0.39 is 6.61 Å². The number of aliphatic imine (C=N–C) groups is 1. The molecule has 2 N–H and O–H groups in total. The van der Waals surface area contributed by atoms with Crippen molar-refractivity contribution in [1.29, 1.82) is 0 Å². The fourth-order valence-electron chi connectivity index (χ4n) is 3.07. The highest BCUT2D eigenvalue weighted by Gasteiger charge is 2.33. The molecule has 2 aliphatic rings. The van der Waals surface area contributed by atoms with Crippen molar-refractivity contribution in [2.75, 3.05) is 26.7 Å². The average molecular weight is 494 g/mol. The maximum atomic E-state index is 12.5. The molecule has 0 aromatic heterocycles. The van der Waals surface area contributed by atoms with Crippen LogP contribution in [0.25, 0.3) is 0 Å². The number of rotatable bonds is 10. The third-order valence-corrected chi connectivity index (χ3v) is 4.80. The molecule has 5 nitrogen and oxygen atoms in total. The van der Waals surface area contributed by atoms with Crippen LogP contribution in [-0.4, -0.2) is 50.2 Å². The van der Waals surface area contributed by atoms with E-state index in [2.05, 4.69) is 25.3 Å². The minimum Gasteiger partial charge on any atom is -0.434 e. The minimum atomic E-state index is -2.83. The number of para-hydroxylation sites is 1. The maximum absolute atomic E-state index is 12.5. The quantitative estimate of drug-likeness (QED) is 0.297. The third-order valence-electron chi connectivity index (χ3n) is 4.80. The van der Waals surface area contributed by atoms with E-state index >= 15 is 0 Å². The van der Waals surface area contributed by atoms with Crippen LogP contribution in [0.4, 0.5) is 8.78 Å². The lowest BCUT2D eigenvalue weighted by Gasteiger charge is -2.22. The Kier molecular flexibility index (Phi) is 9.01. The zero-order chi connectivity index (χ0) is 18.4. The van der Waals surface area contributed by atoms with Crippen molar-refractivity contribution >= 4 is 29.9 Å². The van der Waals surface area contributed by atoms with Crippen molar-refractivity contribution in [3.05, 3.63) is 29.8 Å². The van der Waals surface area contributed by atoms with Gasteiger partial charge in [-0.1, -0.05) is 18.2 Å². The van der Waals surface area contributed by atoms with E-state index in [1.807, 2.05) is 0 Å². The number of ether oxygens (including phenoxy) is 1. The molecule has 1 aromatic carbocycles. The van der Waals surface area contributed by atoms with Gasteiger partial charge in [0.05, 0.1) is 0 Å². The van der Waals surface area contributed by atoms with Gasteiger partial charge in [0, 0.05) is 44.8 Å². The zero-order valence-electron chi connectivity index (χ0n) is 15.7. The van der Waals surface area contributed by atoms with Gasteiger partial charge in [-0.15, -0.1) is 24.0 Å². The standard InChI is InChI=1S/C19H28F2N4O.HI/c1-22-19(23-10-11-25(16-8-9-16)13-14-6-7-14)24-12-15-4-2-3-5-17(15)26-18(20)21;/h2-5,14,16,18H,6-13H2,1H3,(H2,22,23,24);1H. The van der Waals surface area contributed by atoms with Crippen molar-refractivity contribution in [3.63, 3.8) is 0 Å². The maximum Gasteiger partial charge on any atom is 0.387 e. The zero-order valence-corrected chi connectivity index (χ0v) is 18.0. The summed E-state index contributed by atoms with van der Waals surface area (Å²) in [7, 11) is 1.71. The normalized spacial score (nSPS) is 17.0. The molecule has 2 saturated carbocycles. The second kappa shape index (κ2) is 11.0. The highest BCUT2D eigenvalue weighted by atomic mass is 127. The van der Waals surface area contributed by atoms with E-state index in [0.717, 1.165) is 25.0 Å². The summed E-state index contributed by atoms with van der Waals surface area (Å²) in [6.07, 6.45) is 5.39. The van der Waals surface area contributed by atoms with E-state index in [0.29, 0.717) is 18.1 Å². The lowest BCUT2D eigenvalue weighted by atomic mass is 10.2. The number of hydrogen-bond acceptors (Lipinski definition) is 3. The number of halogens is 3. The molecule has 0 unspecified atom stereocenters.